The molecule has 2 aliphatic rings. The fourth-order valence-corrected chi connectivity index (χ4v) is 4.03. The number of rotatable bonds is 5. The van der Waals surface area contributed by atoms with E-state index in [9.17, 15) is 14.4 Å². The van der Waals surface area contributed by atoms with Gasteiger partial charge < -0.3 is 19.9 Å². The van der Waals surface area contributed by atoms with E-state index in [1.165, 1.54) is 0 Å². The first-order valence-electron chi connectivity index (χ1n) is 10.5. The Morgan fingerprint density at radius 3 is 2.56 bits per heavy atom. The number of fused-ring (bicyclic) bond motifs is 1. The van der Waals surface area contributed by atoms with Crippen LogP contribution in [0.5, 0.6) is 0 Å². The molecule has 0 aromatic heterocycles. The molecule has 2 aromatic carbocycles. The average Bonchev–Trinajstić information content (AvgIpc) is 2.84. The second kappa shape index (κ2) is 9.20. The highest BCUT2D eigenvalue weighted by Gasteiger charge is 2.46. The van der Waals surface area contributed by atoms with E-state index < -0.39 is 18.2 Å². The predicted octanol–water partition coefficient (Wildman–Crippen LogP) is 1.31. The summed E-state index contributed by atoms with van der Waals surface area (Å²) in [7, 11) is 0. The Balaban J connectivity index is 1.39. The van der Waals surface area contributed by atoms with E-state index in [1.54, 1.807) is 41.0 Å². The number of piperazine rings is 2. The lowest BCUT2D eigenvalue weighted by Crippen LogP contribution is -2.71. The molecule has 4 rings (SSSR count). The van der Waals surface area contributed by atoms with E-state index in [0.717, 1.165) is 5.56 Å². The van der Waals surface area contributed by atoms with E-state index in [4.69, 9.17) is 10.00 Å². The van der Waals surface area contributed by atoms with Crippen LogP contribution in [0.4, 0.5) is 0 Å². The minimum atomic E-state index is -0.761. The third kappa shape index (κ3) is 4.34. The van der Waals surface area contributed by atoms with Gasteiger partial charge in [0.25, 0.3) is 5.91 Å². The number of hydrogen-bond donors (Lipinski definition) is 1. The van der Waals surface area contributed by atoms with E-state index in [1.807, 2.05) is 36.4 Å². The lowest BCUT2D eigenvalue weighted by molar-refractivity contribution is -0.156. The third-order valence-electron chi connectivity index (χ3n) is 5.90. The van der Waals surface area contributed by atoms with Gasteiger partial charge in [-0.2, -0.15) is 5.26 Å². The van der Waals surface area contributed by atoms with Gasteiger partial charge in [0.15, 0.2) is 0 Å². The lowest BCUT2D eigenvalue weighted by Gasteiger charge is -2.46. The fourth-order valence-electron chi connectivity index (χ4n) is 4.03. The normalized spacial score (nSPS) is 21.4. The molecule has 8 nitrogen and oxygen atoms in total. The Bertz CT molecular complexity index is 1050. The minimum Gasteiger partial charge on any atom is -0.371 e. The average molecular weight is 432 g/mol. The lowest BCUT2D eigenvalue weighted by atomic mass is 10.0. The van der Waals surface area contributed by atoms with Crippen molar-refractivity contribution >= 4 is 17.7 Å². The van der Waals surface area contributed by atoms with Crippen LogP contribution in [-0.4, -0.2) is 65.3 Å². The van der Waals surface area contributed by atoms with Crippen LogP contribution in [0.25, 0.3) is 0 Å². The van der Waals surface area contributed by atoms with Crippen LogP contribution in [0.2, 0.25) is 0 Å². The summed E-state index contributed by atoms with van der Waals surface area (Å²) in [5.74, 6) is -0.709. The number of carbonyl (C=O) groups excluding carboxylic acids is 3. The highest BCUT2D eigenvalue weighted by molar-refractivity contribution is 5.99. The van der Waals surface area contributed by atoms with Crippen molar-refractivity contribution in [2.24, 2.45) is 0 Å². The Morgan fingerprint density at radius 2 is 1.88 bits per heavy atom. The smallest absolute Gasteiger partial charge is 0.253 e. The molecule has 8 heteroatoms. The topological polar surface area (TPSA) is 103 Å². The second-order valence-corrected chi connectivity index (χ2v) is 7.98. The molecule has 0 radical (unpaired) electrons. The quantitative estimate of drug-likeness (QED) is 0.768. The number of carbonyl (C=O) groups is 3. The van der Waals surface area contributed by atoms with Crippen molar-refractivity contribution < 1.29 is 19.1 Å². The molecule has 0 saturated carbocycles. The first-order valence-corrected chi connectivity index (χ1v) is 10.5. The summed E-state index contributed by atoms with van der Waals surface area (Å²) in [5, 5.41) is 11.7. The molecule has 2 saturated heterocycles. The summed E-state index contributed by atoms with van der Waals surface area (Å²) < 4.78 is 5.85. The minimum absolute atomic E-state index is 0.127. The molecule has 164 valence electrons. The van der Waals surface area contributed by atoms with Crippen molar-refractivity contribution in [1.29, 1.82) is 5.26 Å². The molecular formula is C24H24N4O4. The van der Waals surface area contributed by atoms with Crippen LogP contribution >= 0.6 is 0 Å². The van der Waals surface area contributed by atoms with Gasteiger partial charge in [-0.15, -0.1) is 0 Å². The van der Waals surface area contributed by atoms with Gasteiger partial charge in [-0.05, 0) is 36.8 Å². The zero-order valence-electron chi connectivity index (χ0n) is 17.7. The molecule has 0 aliphatic carbocycles. The molecule has 3 unspecified atom stereocenters. The van der Waals surface area contributed by atoms with Crippen LogP contribution < -0.4 is 5.32 Å². The third-order valence-corrected chi connectivity index (χ3v) is 5.90. The number of amides is 3. The molecule has 0 bridgehead atoms. The predicted molar refractivity (Wildman–Crippen MR) is 115 cm³/mol. The van der Waals surface area contributed by atoms with E-state index in [0.29, 0.717) is 24.3 Å². The largest absolute Gasteiger partial charge is 0.371 e. The molecule has 32 heavy (non-hydrogen) atoms. The van der Waals surface area contributed by atoms with E-state index >= 15 is 0 Å². The maximum atomic E-state index is 13.1. The SMILES string of the molecule is CC(OCc1ccccc1)C1NC(=O)C2CN(C(=O)c3ccc(C#N)cc3)CCN2C1=O. The number of benzene rings is 2. The van der Waals surface area contributed by atoms with Crippen molar-refractivity contribution in [3.63, 3.8) is 0 Å². The summed E-state index contributed by atoms with van der Waals surface area (Å²) in [6.07, 6.45) is -0.495. The summed E-state index contributed by atoms with van der Waals surface area (Å²) in [6, 6.07) is 16.5. The van der Waals surface area contributed by atoms with Crippen molar-refractivity contribution in [2.45, 2.75) is 31.7 Å². The summed E-state index contributed by atoms with van der Waals surface area (Å²) >= 11 is 0. The number of ether oxygens (including phenoxy) is 1. The number of nitriles is 1. The first-order chi connectivity index (χ1) is 15.5. The Labute approximate surface area is 186 Å². The molecule has 2 heterocycles. The van der Waals surface area contributed by atoms with Gasteiger partial charge in [0.2, 0.25) is 11.8 Å². The molecular weight excluding hydrogens is 408 g/mol. The van der Waals surface area contributed by atoms with Gasteiger partial charge in [-0.1, -0.05) is 30.3 Å². The molecule has 3 amide bonds. The molecule has 3 atom stereocenters. The molecule has 0 spiro atoms. The van der Waals surface area contributed by atoms with Crippen molar-refractivity contribution in [2.75, 3.05) is 19.6 Å². The second-order valence-electron chi connectivity index (χ2n) is 7.98. The van der Waals surface area contributed by atoms with Crippen LogP contribution in [0, 0.1) is 11.3 Å². The Morgan fingerprint density at radius 1 is 1.16 bits per heavy atom. The van der Waals surface area contributed by atoms with Crippen LogP contribution in [0.1, 0.15) is 28.4 Å². The fraction of sp³-hybridized carbons (Fsp3) is 0.333. The number of nitrogens with one attached hydrogen (secondary N) is 1. The Hall–Kier alpha value is -3.70. The first kappa shape index (κ1) is 21.5. The zero-order valence-corrected chi connectivity index (χ0v) is 17.7. The van der Waals surface area contributed by atoms with Crippen LogP contribution in [-0.2, 0) is 20.9 Å². The molecule has 2 aliphatic heterocycles. The van der Waals surface area contributed by atoms with Gasteiger partial charge in [0, 0.05) is 18.7 Å². The van der Waals surface area contributed by atoms with E-state index in [2.05, 4.69) is 5.32 Å². The molecule has 1 N–H and O–H groups in total. The molecule has 2 fully saturated rings. The summed E-state index contributed by atoms with van der Waals surface area (Å²) in [5.41, 5.74) is 1.90. The summed E-state index contributed by atoms with van der Waals surface area (Å²) in [6.45, 7) is 2.86. The van der Waals surface area contributed by atoms with Crippen molar-refractivity contribution in [3.05, 3.63) is 71.3 Å². The number of nitrogens with zero attached hydrogens (tertiary/aromatic N) is 3. The van der Waals surface area contributed by atoms with Crippen LogP contribution in [0.3, 0.4) is 0 Å². The van der Waals surface area contributed by atoms with Gasteiger partial charge in [0.05, 0.1) is 30.9 Å². The standard InChI is InChI=1S/C24H24N4O4/c1-16(32-15-18-5-3-2-4-6-18)21-24(31)28-12-11-27(14-20(28)22(29)26-21)23(30)19-9-7-17(13-25)8-10-19/h2-10,16,20-21H,11-12,14-15H2,1H3,(H,26,29). The maximum absolute atomic E-state index is 13.1. The van der Waals surface area contributed by atoms with Crippen molar-refractivity contribution in [3.8, 4) is 6.07 Å². The van der Waals surface area contributed by atoms with Crippen molar-refractivity contribution in [1.82, 2.24) is 15.1 Å². The monoisotopic (exact) mass is 432 g/mol. The van der Waals surface area contributed by atoms with Gasteiger partial charge >= 0.3 is 0 Å². The number of hydrogen-bond acceptors (Lipinski definition) is 5. The highest BCUT2D eigenvalue weighted by atomic mass is 16.5. The van der Waals surface area contributed by atoms with Gasteiger partial charge in [-0.25, -0.2) is 0 Å². The van der Waals surface area contributed by atoms with Gasteiger partial charge in [0.1, 0.15) is 12.1 Å². The Kier molecular flexibility index (Phi) is 6.19. The van der Waals surface area contributed by atoms with Gasteiger partial charge in [-0.3, -0.25) is 14.4 Å². The van der Waals surface area contributed by atoms with Crippen LogP contribution in [0.15, 0.2) is 54.6 Å². The zero-order chi connectivity index (χ0) is 22.7. The maximum Gasteiger partial charge on any atom is 0.253 e. The molecule has 2 aromatic rings. The summed E-state index contributed by atoms with van der Waals surface area (Å²) in [4.78, 5) is 41.9. The highest BCUT2D eigenvalue weighted by Crippen LogP contribution is 2.21. The van der Waals surface area contributed by atoms with E-state index in [-0.39, 0.29) is 30.8 Å².